The first-order valence-corrected chi connectivity index (χ1v) is 6.98. The Labute approximate surface area is 109 Å². The second-order valence-corrected chi connectivity index (χ2v) is 5.17. The highest BCUT2D eigenvalue weighted by Gasteiger charge is 2.16. The molecule has 18 heavy (non-hydrogen) atoms. The van der Waals surface area contributed by atoms with Gasteiger partial charge in [-0.05, 0) is 37.3 Å². The van der Waals surface area contributed by atoms with Gasteiger partial charge >= 0.3 is 0 Å². The fourth-order valence-electron chi connectivity index (χ4n) is 2.73. The third-order valence-corrected chi connectivity index (χ3v) is 4.05. The Hall–Kier alpha value is -1.09. The number of hydrogen-bond donors (Lipinski definition) is 1. The molecule has 0 aromatic heterocycles. The van der Waals surface area contributed by atoms with E-state index in [-0.39, 0.29) is 12.4 Å². The van der Waals surface area contributed by atoms with Gasteiger partial charge in [0.25, 0.3) is 0 Å². The number of halogens is 1. The zero-order valence-electron chi connectivity index (χ0n) is 11.2. The van der Waals surface area contributed by atoms with Crippen LogP contribution < -0.4 is 10.6 Å². The Kier molecular flexibility index (Phi) is 4.59. The van der Waals surface area contributed by atoms with Crippen molar-refractivity contribution < 1.29 is 4.39 Å². The van der Waals surface area contributed by atoms with Gasteiger partial charge in [-0.2, -0.15) is 0 Å². The summed E-state index contributed by atoms with van der Waals surface area (Å²) in [5.74, 6) is 0.662. The van der Waals surface area contributed by atoms with E-state index in [2.05, 4.69) is 11.8 Å². The fraction of sp³-hybridized carbons (Fsp3) is 0.600. The molecule has 1 atom stereocenters. The number of rotatable bonds is 3. The van der Waals surface area contributed by atoms with E-state index in [1.165, 1.54) is 25.7 Å². The lowest BCUT2D eigenvalue weighted by molar-refractivity contribution is 0.459. The van der Waals surface area contributed by atoms with Gasteiger partial charge in [-0.15, -0.1) is 0 Å². The lowest BCUT2D eigenvalue weighted by Gasteiger charge is -2.23. The van der Waals surface area contributed by atoms with Crippen molar-refractivity contribution in [2.24, 2.45) is 11.7 Å². The molecule has 0 aliphatic carbocycles. The van der Waals surface area contributed by atoms with Crippen LogP contribution in [0.5, 0.6) is 0 Å². The molecule has 0 saturated carbocycles. The first kappa shape index (κ1) is 13.3. The van der Waals surface area contributed by atoms with Crippen molar-refractivity contribution in [2.75, 3.05) is 18.0 Å². The van der Waals surface area contributed by atoms with Crippen molar-refractivity contribution in [3.8, 4) is 0 Å². The molecule has 0 radical (unpaired) electrons. The molecular formula is C15H23FN2. The van der Waals surface area contributed by atoms with Crippen LogP contribution in [0.15, 0.2) is 18.2 Å². The van der Waals surface area contributed by atoms with E-state index in [1.54, 1.807) is 6.07 Å². The molecule has 1 fully saturated rings. The predicted octanol–water partition coefficient (Wildman–Crippen LogP) is 3.30. The van der Waals surface area contributed by atoms with Crippen molar-refractivity contribution in [3.63, 3.8) is 0 Å². The fourth-order valence-corrected chi connectivity index (χ4v) is 2.73. The monoisotopic (exact) mass is 250 g/mol. The van der Waals surface area contributed by atoms with Crippen molar-refractivity contribution >= 4 is 5.69 Å². The summed E-state index contributed by atoms with van der Waals surface area (Å²) in [5, 5.41) is 0. The quantitative estimate of drug-likeness (QED) is 0.892. The first-order valence-electron chi connectivity index (χ1n) is 6.98. The van der Waals surface area contributed by atoms with E-state index in [9.17, 15) is 4.39 Å². The zero-order chi connectivity index (χ0) is 13.0. The topological polar surface area (TPSA) is 29.3 Å². The molecule has 1 heterocycles. The number of anilines is 1. The Bertz CT molecular complexity index is 392. The van der Waals surface area contributed by atoms with E-state index in [0.29, 0.717) is 5.56 Å². The van der Waals surface area contributed by atoms with E-state index in [1.807, 2.05) is 12.1 Å². The Balaban J connectivity index is 2.09. The molecule has 1 unspecified atom stereocenters. The van der Waals surface area contributed by atoms with Crippen molar-refractivity contribution in [3.05, 3.63) is 29.6 Å². The normalized spacial score (nSPS) is 20.8. The molecule has 100 valence electrons. The molecule has 2 N–H and O–H groups in total. The van der Waals surface area contributed by atoms with Crippen LogP contribution in [0, 0.1) is 11.7 Å². The average Bonchev–Trinajstić information content (AvgIpc) is 2.63. The Morgan fingerprint density at radius 1 is 1.33 bits per heavy atom. The van der Waals surface area contributed by atoms with Crippen molar-refractivity contribution in [1.82, 2.24) is 0 Å². The van der Waals surface area contributed by atoms with Gasteiger partial charge < -0.3 is 10.6 Å². The Morgan fingerprint density at radius 3 is 2.83 bits per heavy atom. The summed E-state index contributed by atoms with van der Waals surface area (Å²) in [6, 6.07) is 5.44. The second kappa shape index (κ2) is 6.19. The van der Waals surface area contributed by atoms with E-state index in [4.69, 9.17) is 5.73 Å². The van der Waals surface area contributed by atoms with Gasteiger partial charge in [0.15, 0.2) is 0 Å². The lowest BCUT2D eigenvalue weighted by Crippen LogP contribution is -2.24. The molecule has 0 amide bonds. The van der Waals surface area contributed by atoms with E-state index < -0.39 is 0 Å². The summed E-state index contributed by atoms with van der Waals surface area (Å²) in [5.41, 5.74) is 7.09. The van der Waals surface area contributed by atoms with E-state index >= 15 is 0 Å². The van der Waals surface area contributed by atoms with Gasteiger partial charge in [0, 0.05) is 30.9 Å². The van der Waals surface area contributed by atoms with Gasteiger partial charge in [0.05, 0.1) is 0 Å². The third kappa shape index (κ3) is 3.02. The molecule has 1 aromatic carbocycles. The van der Waals surface area contributed by atoms with Gasteiger partial charge in [0.2, 0.25) is 0 Å². The predicted molar refractivity (Wildman–Crippen MR) is 74.1 cm³/mol. The highest BCUT2D eigenvalue weighted by molar-refractivity contribution is 5.48. The number of nitrogens with two attached hydrogens (primary N) is 1. The van der Waals surface area contributed by atoms with Gasteiger partial charge in [0.1, 0.15) is 5.82 Å². The largest absolute Gasteiger partial charge is 0.371 e. The molecule has 1 aliphatic heterocycles. The van der Waals surface area contributed by atoms with Crippen LogP contribution in [-0.2, 0) is 6.54 Å². The van der Waals surface area contributed by atoms with Crippen LogP contribution in [0.1, 0.15) is 38.2 Å². The molecule has 2 rings (SSSR count). The van der Waals surface area contributed by atoms with Gasteiger partial charge in [-0.3, -0.25) is 0 Å². The van der Waals surface area contributed by atoms with Gasteiger partial charge in [-0.1, -0.05) is 19.4 Å². The second-order valence-electron chi connectivity index (χ2n) is 5.17. The molecule has 0 bridgehead atoms. The molecule has 0 spiro atoms. The maximum Gasteiger partial charge on any atom is 0.129 e. The lowest BCUT2D eigenvalue weighted by atomic mass is 9.98. The molecule has 2 nitrogen and oxygen atoms in total. The van der Waals surface area contributed by atoms with Crippen molar-refractivity contribution in [1.29, 1.82) is 0 Å². The third-order valence-electron chi connectivity index (χ3n) is 4.05. The Morgan fingerprint density at radius 2 is 2.17 bits per heavy atom. The summed E-state index contributed by atoms with van der Waals surface area (Å²) >= 11 is 0. The summed E-state index contributed by atoms with van der Waals surface area (Å²) in [6.45, 7) is 4.61. The summed E-state index contributed by atoms with van der Waals surface area (Å²) in [6.07, 6.45) is 4.99. The SMILES string of the molecule is CCC1CCCN(c2ccc(CN)c(F)c2)CC1. The minimum absolute atomic E-state index is 0.175. The average molecular weight is 250 g/mol. The molecular weight excluding hydrogens is 227 g/mol. The van der Waals surface area contributed by atoms with E-state index in [0.717, 1.165) is 24.7 Å². The minimum Gasteiger partial charge on any atom is -0.371 e. The molecule has 1 aromatic rings. The summed E-state index contributed by atoms with van der Waals surface area (Å²) in [7, 11) is 0. The van der Waals surface area contributed by atoms with Crippen LogP contribution in [0.4, 0.5) is 10.1 Å². The standard InChI is InChI=1S/C15H23FN2/c1-2-12-4-3-8-18(9-7-12)14-6-5-13(11-17)15(16)10-14/h5-6,10,12H,2-4,7-9,11,17H2,1H3. The maximum absolute atomic E-state index is 13.7. The molecule has 1 aliphatic rings. The van der Waals surface area contributed by atoms with Gasteiger partial charge in [-0.25, -0.2) is 4.39 Å². The maximum atomic E-state index is 13.7. The number of benzene rings is 1. The summed E-state index contributed by atoms with van der Waals surface area (Å²) < 4.78 is 13.7. The number of hydrogen-bond acceptors (Lipinski definition) is 2. The van der Waals surface area contributed by atoms with Crippen LogP contribution >= 0.6 is 0 Å². The van der Waals surface area contributed by atoms with Crippen LogP contribution in [0.3, 0.4) is 0 Å². The highest BCUT2D eigenvalue weighted by atomic mass is 19.1. The van der Waals surface area contributed by atoms with Crippen molar-refractivity contribution in [2.45, 2.75) is 39.2 Å². The summed E-state index contributed by atoms with van der Waals surface area (Å²) in [4.78, 5) is 2.30. The molecule has 3 heteroatoms. The first-order chi connectivity index (χ1) is 8.74. The highest BCUT2D eigenvalue weighted by Crippen LogP contribution is 2.25. The zero-order valence-corrected chi connectivity index (χ0v) is 11.2. The molecule has 1 saturated heterocycles. The number of nitrogens with zero attached hydrogens (tertiary/aromatic N) is 1. The van der Waals surface area contributed by atoms with Crippen LogP contribution in [-0.4, -0.2) is 13.1 Å². The van der Waals surface area contributed by atoms with Crippen LogP contribution in [0.25, 0.3) is 0 Å². The van der Waals surface area contributed by atoms with Crippen LogP contribution in [0.2, 0.25) is 0 Å². The minimum atomic E-state index is -0.175. The smallest absolute Gasteiger partial charge is 0.129 e.